The number of hydrogen-bond donors (Lipinski definition) is 1. The van der Waals surface area contributed by atoms with Gasteiger partial charge < -0.3 is 10.2 Å². The van der Waals surface area contributed by atoms with E-state index in [1.54, 1.807) is 0 Å². The van der Waals surface area contributed by atoms with E-state index in [2.05, 4.69) is 15.2 Å². The fraction of sp³-hybridized carbons (Fsp3) is 0.471. The van der Waals surface area contributed by atoms with Gasteiger partial charge in [-0.15, -0.1) is 11.3 Å². The third-order valence-electron chi connectivity index (χ3n) is 4.92. The van der Waals surface area contributed by atoms with Gasteiger partial charge in [-0.05, 0) is 37.4 Å². The number of nitrogens with zero attached hydrogens (tertiary/aromatic N) is 2. The summed E-state index contributed by atoms with van der Waals surface area (Å²) in [7, 11) is 0. The number of thiophene rings is 1. The van der Waals surface area contributed by atoms with Crippen molar-refractivity contribution in [3.8, 4) is 0 Å². The second-order valence-corrected chi connectivity index (χ2v) is 7.95. The summed E-state index contributed by atoms with van der Waals surface area (Å²) in [6.07, 6.45) is -1.48. The molecule has 0 radical (unpaired) electrons. The molecule has 0 saturated carbocycles. The van der Waals surface area contributed by atoms with Crippen molar-refractivity contribution in [2.24, 2.45) is 5.92 Å². The zero-order chi connectivity index (χ0) is 18.5. The minimum absolute atomic E-state index is 0.0620. The molecule has 0 spiro atoms. The maximum absolute atomic E-state index is 12.6. The quantitative estimate of drug-likeness (QED) is 0.828. The first-order chi connectivity index (χ1) is 12.3. The lowest BCUT2D eigenvalue weighted by Gasteiger charge is -2.30. The maximum Gasteiger partial charge on any atom is 0.455 e. The van der Waals surface area contributed by atoms with Gasteiger partial charge in [0.25, 0.3) is 11.7 Å². The van der Waals surface area contributed by atoms with Crippen molar-refractivity contribution in [3.63, 3.8) is 0 Å². The largest absolute Gasteiger partial charge is 0.455 e. The van der Waals surface area contributed by atoms with Crippen molar-refractivity contribution in [2.45, 2.75) is 25.1 Å². The summed E-state index contributed by atoms with van der Waals surface area (Å²) in [6.45, 7) is 2.96. The van der Waals surface area contributed by atoms with Gasteiger partial charge in [-0.2, -0.15) is 13.2 Å². The molecule has 2 saturated heterocycles. The first kappa shape index (κ1) is 17.4. The molecule has 1 amide bonds. The van der Waals surface area contributed by atoms with Crippen molar-refractivity contribution in [1.29, 1.82) is 0 Å². The zero-order valence-electron chi connectivity index (χ0n) is 13.7. The average molecular weight is 383 g/mol. The van der Waals surface area contributed by atoms with Gasteiger partial charge in [0.05, 0.1) is 4.88 Å². The van der Waals surface area contributed by atoms with E-state index in [1.165, 1.54) is 12.3 Å². The van der Waals surface area contributed by atoms with Crippen LogP contribution in [-0.2, 0) is 0 Å². The molecule has 4 heterocycles. The second-order valence-electron chi connectivity index (χ2n) is 6.87. The Bertz CT molecular complexity index is 868. The Balaban J connectivity index is 1.51. The van der Waals surface area contributed by atoms with Gasteiger partial charge in [-0.3, -0.25) is 14.6 Å². The minimum Gasteiger partial charge on any atom is -0.347 e. The maximum atomic E-state index is 12.6. The van der Waals surface area contributed by atoms with Crippen LogP contribution in [0.1, 0.15) is 33.0 Å². The number of ketones is 1. The molecule has 4 rings (SSSR count). The van der Waals surface area contributed by atoms with Crippen molar-refractivity contribution < 1.29 is 22.8 Å². The summed E-state index contributed by atoms with van der Waals surface area (Å²) in [6, 6.07) is 2.67. The van der Waals surface area contributed by atoms with Crippen LogP contribution in [0.2, 0.25) is 0 Å². The Morgan fingerprint density at radius 3 is 2.81 bits per heavy atom. The van der Waals surface area contributed by atoms with Crippen molar-refractivity contribution in [2.75, 3.05) is 19.6 Å². The summed E-state index contributed by atoms with van der Waals surface area (Å²) in [5.41, 5.74) is 0.151. The molecule has 138 valence electrons. The lowest BCUT2D eigenvalue weighted by atomic mass is 9.97. The Morgan fingerprint density at radius 2 is 2.08 bits per heavy atom. The molecule has 0 aliphatic carbocycles. The van der Waals surface area contributed by atoms with Crippen LogP contribution in [0, 0.1) is 5.92 Å². The molecule has 2 aliphatic heterocycles. The van der Waals surface area contributed by atoms with Gasteiger partial charge in [0.1, 0.15) is 5.69 Å². The predicted molar refractivity (Wildman–Crippen MR) is 90.4 cm³/mol. The van der Waals surface area contributed by atoms with Gasteiger partial charge in [0.15, 0.2) is 0 Å². The molecule has 2 aromatic heterocycles. The Hall–Kier alpha value is -2.00. The van der Waals surface area contributed by atoms with Crippen LogP contribution in [-0.4, -0.2) is 53.4 Å². The van der Waals surface area contributed by atoms with Gasteiger partial charge in [-0.1, -0.05) is 0 Å². The number of carbonyl (C=O) groups is 2. The molecule has 5 nitrogen and oxygen atoms in total. The van der Waals surface area contributed by atoms with Gasteiger partial charge in [0.2, 0.25) is 0 Å². The lowest BCUT2D eigenvalue weighted by Crippen LogP contribution is -2.47. The van der Waals surface area contributed by atoms with Crippen LogP contribution < -0.4 is 5.32 Å². The molecular weight excluding hydrogens is 367 g/mol. The lowest BCUT2D eigenvalue weighted by molar-refractivity contribution is -0.0882. The van der Waals surface area contributed by atoms with Gasteiger partial charge in [-0.25, -0.2) is 0 Å². The number of amides is 1. The number of Topliss-reactive ketones (excluding diaryl/α,β-unsaturated/α-hetero) is 1. The molecule has 2 aromatic rings. The first-order valence-electron chi connectivity index (χ1n) is 8.34. The molecule has 3 atom stereocenters. The highest BCUT2D eigenvalue weighted by Gasteiger charge is 2.40. The van der Waals surface area contributed by atoms with E-state index in [0.717, 1.165) is 49.9 Å². The Morgan fingerprint density at radius 1 is 1.27 bits per heavy atom. The van der Waals surface area contributed by atoms with Crippen LogP contribution in [0.5, 0.6) is 0 Å². The summed E-state index contributed by atoms with van der Waals surface area (Å²) in [5, 5.41) is 3.39. The van der Waals surface area contributed by atoms with E-state index in [1.807, 2.05) is 0 Å². The monoisotopic (exact) mass is 383 g/mol. The number of nitrogens with one attached hydrogen (secondary N) is 1. The minimum atomic E-state index is -4.91. The number of halogens is 3. The molecule has 9 heteroatoms. The van der Waals surface area contributed by atoms with Crippen molar-refractivity contribution >= 4 is 33.1 Å². The number of hydrogen-bond acceptors (Lipinski definition) is 5. The molecular formula is C17H16F3N3O2S. The summed E-state index contributed by atoms with van der Waals surface area (Å²) >= 11 is 0.723. The molecule has 1 unspecified atom stereocenters. The molecule has 0 aromatic carbocycles. The van der Waals surface area contributed by atoms with E-state index >= 15 is 0 Å². The van der Waals surface area contributed by atoms with E-state index in [0.29, 0.717) is 16.0 Å². The fourth-order valence-electron chi connectivity index (χ4n) is 3.73. The van der Waals surface area contributed by atoms with Crippen LogP contribution in [0.15, 0.2) is 18.3 Å². The molecule has 2 fully saturated rings. The molecule has 2 bridgehead atoms. The van der Waals surface area contributed by atoms with Gasteiger partial charge >= 0.3 is 6.18 Å². The van der Waals surface area contributed by atoms with Crippen molar-refractivity contribution in [3.05, 3.63) is 28.9 Å². The van der Waals surface area contributed by atoms with Crippen molar-refractivity contribution in [1.82, 2.24) is 15.2 Å². The second kappa shape index (κ2) is 6.31. The number of fused-ring (bicyclic) bond motifs is 3. The van der Waals surface area contributed by atoms with Crippen LogP contribution in [0.25, 0.3) is 10.1 Å². The van der Waals surface area contributed by atoms with E-state index in [4.69, 9.17) is 0 Å². The third kappa shape index (κ3) is 3.33. The number of alkyl halides is 3. The highest BCUT2D eigenvalue weighted by Crippen LogP contribution is 2.31. The summed E-state index contributed by atoms with van der Waals surface area (Å²) in [4.78, 5) is 29.8. The van der Waals surface area contributed by atoms with Crippen LogP contribution >= 0.6 is 11.3 Å². The highest BCUT2D eigenvalue weighted by atomic mass is 32.1. The summed E-state index contributed by atoms with van der Waals surface area (Å²) < 4.78 is 38.2. The number of aromatic nitrogens is 1. The normalized spacial score (nSPS) is 25.4. The Labute approximate surface area is 151 Å². The zero-order valence-corrected chi connectivity index (χ0v) is 14.5. The van der Waals surface area contributed by atoms with E-state index in [-0.39, 0.29) is 17.6 Å². The van der Waals surface area contributed by atoms with E-state index < -0.39 is 16.8 Å². The summed E-state index contributed by atoms with van der Waals surface area (Å²) in [5.74, 6) is -1.61. The average Bonchev–Trinajstić information content (AvgIpc) is 3.15. The standard InChI is InChI=1S/C17H16F3N3O2S/c18-17(19,20)15(24)14-4-10-6-21-12(5-13(10)26-14)16(25)22-11-3-9-1-2-23(7-9)8-11/h4-6,9,11H,1-3,7-8H2,(H,22,25)/t9-,11-/m1/s1. The number of pyridine rings is 1. The third-order valence-corrected chi connectivity index (χ3v) is 6.01. The molecule has 1 N–H and O–H groups in total. The smallest absolute Gasteiger partial charge is 0.347 e. The topological polar surface area (TPSA) is 62.3 Å². The van der Waals surface area contributed by atoms with Crippen LogP contribution in [0.4, 0.5) is 13.2 Å². The Kier molecular flexibility index (Phi) is 4.23. The molecule has 26 heavy (non-hydrogen) atoms. The predicted octanol–water partition coefficient (Wildman–Crippen LogP) is 2.87. The first-order valence-corrected chi connectivity index (χ1v) is 9.15. The number of carbonyl (C=O) groups excluding carboxylic acids is 2. The molecule has 2 aliphatic rings. The SMILES string of the molecule is O=C(N[C@@H]1C[C@H]2CCN(C2)C1)c1cc2sc(C(=O)C(F)(F)F)cc2cn1. The van der Waals surface area contributed by atoms with E-state index in [9.17, 15) is 22.8 Å². The van der Waals surface area contributed by atoms with Gasteiger partial charge in [0, 0.05) is 35.4 Å². The number of piperidine rings is 1. The number of rotatable bonds is 3. The van der Waals surface area contributed by atoms with Crippen LogP contribution in [0.3, 0.4) is 0 Å². The highest BCUT2D eigenvalue weighted by molar-refractivity contribution is 7.20. The fourth-order valence-corrected chi connectivity index (χ4v) is 4.76.